The second-order valence-electron chi connectivity index (χ2n) is 4.84. The van der Waals surface area contributed by atoms with Crippen molar-refractivity contribution in [3.63, 3.8) is 0 Å². The number of phenols is 1. The average Bonchev–Trinajstić information content (AvgIpc) is 2.39. The van der Waals surface area contributed by atoms with Gasteiger partial charge < -0.3 is 14.6 Å². The summed E-state index contributed by atoms with van der Waals surface area (Å²) in [7, 11) is 2.84. The van der Waals surface area contributed by atoms with Gasteiger partial charge in [-0.15, -0.1) is 0 Å². The summed E-state index contributed by atoms with van der Waals surface area (Å²) in [5.41, 5.74) is 0.386. The van der Waals surface area contributed by atoms with Crippen LogP contribution in [0.2, 0.25) is 0 Å². The molecule has 1 aromatic carbocycles. The highest BCUT2D eigenvalue weighted by Crippen LogP contribution is 2.39. The number of ether oxygens (including phenoxy) is 2. The Morgan fingerprint density at radius 2 is 1.75 bits per heavy atom. The van der Waals surface area contributed by atoms with Crippen molar-refractivity contribution in [2.75, 3.05) is 14.2 Å². The molecule has 110 valence electrons. The summed E-state index contributed by atoms with van der Waals surface area (Å²) in [4.78, 5) is 23.5. The second kappa shape index (κ2) is 6.41. The van der Waals surface area contributed by atoms with Crippen LogP contribution in [0.15, 0.2) is 6.07 Å². The zero-order chi connectivity index (χ0) is 15.4. The predicted octanol–water partition coefficient (Wildman–Crippen LogP) is 2.38. The number of hydrogen-bond acceptors (Lipinski definition) is 5. The van der Waals surface area contributed by atoms with Crippen LogP contribution in [0.4, 0.5) is 0 Å². The molecule has 0 spiro atoms. The van der Waals surface area contributed by atoms with Crippen LogP contribution in [0.1, 0.15) is 36.7 Å². The van der Waals surface area contributed by atoms with Gasteiger partial charge in [-0.2, -0.15) is 0 Å². The molecule has 1 rings (SSSR count). The third-order valence-electron chi connectivity index (χ3n) is 3.12. The summed E-state index contributed by atoms with van der Waals surface area (Å²) >= 11 is 0. The van der Waals surface area contributed by atoms with Crippen LogP contribution in [0.25, 0.3) is 0 Å². The van der Waals surface area contributed by atoms with Crippen molar-refractivity contribution >= 4 is 11.6 Å². The molecule has 5 nitrogen and oxygen atoms in total. The van der Waals surface area contributed by atoms with Crippen LogP contribution in [0.3, 0.4) is 0 Å². The summed E-state index contributed by atoms with van der Waals surface area (Å²) in [5, 5.41) is 10.3. The molecule has 5 heteroatoms. The van der Waals surface area contributed by atoms with Gasteiger partial charge in [0.05, 0.1) is 14.2 Å². The molecule has 0 saturated heterocycles. The van der Waals surface area contributed by atoms with Crippen LogP contribution in [-0.4, -0.2) is 30.9 Å². The summed E-state index contributed by atoms with van der Waals surface area (Å²) in [6, 6.07) is 1.51. The van der Waals surface area contributed by atoms with Gasteiger partial charge in [0.1, 0.15) is 28.6 Å². The number of aromatic hydroxyl groups is 1. The van der Waals surface area contributed by atoms with Crippen molar-refractivity contribution in [3.05, 3.63) is 17.2 Å². The molecule has 0 atom stereocenters. The summed E-state index contributed by atoms with van der Waals surface area (Å²) in [6.07, 6.45) is 0.0109. The maximum absolute atomic E-state index is 11.9. The fourth-order valence-electron chi connectivity index (χ4n) is 1.90. The van der Waals surface area contributed by atoms with Gasteiger partial charge in [0.25, 0.3) is 0 Å². The SMILES string of the molecule is COc1cc(OC)c(C(C)=O)c(O)c1CC(=O)C(C)C. The molecule has 0 amide bonds. The van der Waals surface area contributed by atoms with Gasteiger partial charge in [0.2, 0.25) is 0 Å². The summed E-state index contributed by atoms with van der Waals surface area (Å²) in [5.74, 6) is -0.228. The Bertz CT molecular complexity index is 532. The number of carbonyl (C=O) groups excluding carboxylic acids is 2. The fraction of sp³-hybridized carbons (Fsp3) is 0.467. The normalized spacial score (nSPS) is 10.5. The molecule has 0 aliphatic carbocycles. The maximum atomic E-state index is 11.9. The van der Waals surface area contributed by atoms with Crippen LogP contribution in [0.5, 0.6) is 17.2 Å². The first kappa shape index (κ1) is 16.0. The molecule has 1 aromatic rings. The smallest absolute Gasteiger partial charge is 0.167 e. The number of carbonyl (C=O) groups is 2. The zero-order valence-electron chi connectivity index (χ0n) is 12.4. The van der Waals surface area contributed by atoms with E-state index in [4.69, 9.17) is 9.47 Å². The van der Waals surface area contributed by atoms with Crippen LogP contribution in [0, 0.1) is 5.92 Å². The number of hydrogen-bond donors (Lipinski definition) is 1. The van der Waals surface area contributed by atoms with Crippen molar-refractivity contribution in [2.45, 2.75) is 27.2 Å². The van der Waals surface area contributed by atoms with Crippen molar-refractivity contribution in [2.24, 2.45) is 5.92 Å². The van der Waals surface area contributed by atoms with Crippen molar-refractivity contribution in [3.8, 4) is 17.2 Å². The Labute approximate surface area is 118 Å². The number of benzene rings is 1. The minimum atomic E-state index is -0.333. The van der Waals surface area contributed by atoms with Gasteiger partial charge in [-0.05, 0) is 6.92 Å². The highest BCUT2D eigenvalue weighted by Gasteiger charge is 2.24. The summed E-state index contributed by atoms with van der Waals surface area (Å²) < 4.78 is 10.3. The molecule has 0 saturated carbocycles. The van der Waals surface area contributed by atoms with E-state index in [1.54, 1.807) is 13.8 Å². The van der Waals surface area contributed by atoms with Crippen molar-refractivity contribution < 1.29 is 24.2 Å². The molecular formula is C15H20O5. The predicted molar refractivity (Wildman–Crippen MR) is 74.8 cm³/mol. The van der Waals surface area contributed by atoms with E-state index in [1.165, 1.54) is 27.2 Å². The molecule has 0 aromatic heterocycles. The van der Waals surface area contributed by atoms with E-state index in [2.05, 4.69) is 0 Å². The number of ketones is 2. The molecule has 0 aliphatic heterocycles. The van der Waals surface area contributed by atoms with Crippen molar-refractivity contribution in [1.29, 1.82) is 0 Å². The maximum Gasteiger partial charge on any atom is 0.167 e. The molecule has 0 fully saturated rings. The third kappa shape index (κ3) is 3.10. The van der Waals surface area contributed by atoms with Gasteiger partial charge in [-0.1, -0.05) is 13.8 Å². The van der Waals surface area contributed by atoms with E-state index in [0.717, 1.165) is 0 Å². The standard InChI is InChI=1S/C15H20O5/c1-8(2)11(17)6-10-12(19-4)7-13(20-5)14(9(3)16)15(10)18/h7-8,18H,6H2,1-5H3. The van der Waals surface area contributed by atoms with Crippen molar-refractivity contribution in [1.82, 2.24) is 0 Å². The highest BCUT2D eigenvalue weighted by molar-refractivity contribution is 6.01. The van der Waals surface area contributed by atoms with Gasteiger partial charge in [0, 0.05) is 24.0 Å². The van der Waals surface area contributed by atoms with E-state index in [9.17, 15) is 14.7 Å². The van der Waals surface area contributed by atoms with E-state index in [1.807, 2.05) is 0 Å². The Balaban J connectivity index is 3.45. The van der Waals surface area contributed by atoms with Gasteiger partial charge in [-0.25, -0.2) is 0 Å². The molecule has 0 bridgehead atoms. The quantitative estimate of drug-likeness (QED) is 0.810. The molecule has 0 aliphatic rings. The first-order chi connectivity index (χ1) is 9.33. The van der Waals surface area contributed by atoms with Gasteiger partial charge in [-0.3, -0.25) is 9.59 Å². The average molecular weight is 280 g/mol. The van der Waals surface area contributed by atoms with E-state index in [-0.39, 0.29) is 41.0 Å². The van der Waals surface area contributed by atoms with E-state index >= 15 is 0 Å². The first-order valence-electron chi connectivity index (χ1n) is 6.33. The molecule has 20 heavy (non-hydrogen) atoms. The lowest BCUT2D eigenvalue weighted by molar-refractivity contribution is -0.121. The molecule has 0 radical (unpaired) electrons. The fourth-order valence-corrected chi connectivity index (χ4v) is 1.90. The lowest BCUT2D eigenvalue weighted by atomic mass is 9.96. The number of methoxy groups -OCH3 is 2. The number of phenolic OH excluding ortho intramolecular Hbond substituents is 1. The minimum absolute atomic E-state index is 0.0109. The number of rotatable bonds is 6. The first-order valence-corrected chi connectivity index (χ1v) is 6.33. The monoisotopic (exact) mass is 280 g/mol. The van der Waals surface area contributed by atoms with Crippen LogP contribution < -0.4 is 9.47 Å². The van der Waals surface area contributed by atoms with Crippen LogP contribution in [-0.2, 0) is 11.2 Å². The lowest BCUT2D eigenvalue weighted by Crippen LogP contribution is -2.12. The van der Waals surface area contributed by atoms with E-state index < -0.39 is 0 Å². The largest absolute Gasteiger partial charge is 0.507 e. The molecular weight excluding hydrogens is 260 g/mol. The zero-order valence-corrected chi connectivity index (χ0v) is 12.4. The van der Waals surface area contributed by atoms with Gasteiger partial charge in [0.15, 0.2) is 5.78 Å². The Hall–Kier alpha value is -2.04. The second-order valence-corrected chi connectivity index (χ2v) is 4.84. The summed E-state index contributed by atoms with van der Waals surface area (Å²) in [6.45, 7) is 4.89. The highest BCUT2D eigenvalue weighted by atomic mass is 16.5. The molecule has 0 heterocycles. The Morgan fingerprint density at radius 3 is 2.15 bits per heavy atom. The molecule has 0 unspecified atom stereocenters. The minimum Gasteiger partial charge on any atom is -0.507 e. The lowest BCUT2D eigenvalue weighted by Gasteiger charge is -2.16. The Morgan fingerprint density at radius 1 is 1.20 bits per heavy atom. The number of Topliss-reactive ketones (excluding diaryl/α,β-unsaturated/α-hetero) is 2. The van der Waals surface area contributed by atoms with E-state index in [0.29, 0.717) is 11.3 Å². The Kier molecular flexibility index (Phi) is 5.13. The molecule has 1 N–H and O–H groups in total. The van der Waals surface area contributed by atoms with Gasteiger partial charge >= 0.3 is 0 Å². The van der Waals surface area contributed by atoms with Crippen LogP contribution >= 0.6 is 0 Å². The third-order valence-corrected chi connectivity index (χ3v) is 3.12. The topological polar surface area (TPSA) is 72.8 Å².